The van der Waals surface area contributed by atoms with E-state index in [0.717, 1.165) is 12.8 Å². The number of ether oxygens (including phenoxy) is 2. The van der Waals surface area contributed by atoms with Crippen molar-refractivity contribution in [2.75, 3.05) is 26.9 Å². The fourth-order valence-corrected chi connectivity index (χ4v) is 5.35. The Labute approximate surface area is 153 Å². The van der Waals surface area contributed by atoms with E-state index >= 15 is 0 Å². The quantitative estimate of drug-likeness (QED) is 0.736. The molecule has 142 valence electrons. The van der Waals surface area contributed by atoms with E-state index in [0.29, 0.717) is 12.8 Å². The van der Waals surface area contributed by atoms with Gasteiger partial charge >= 0.3 is 5.97 Å². The molecular weight excluding hydrogens is 358 g/mol. The topological polar surface area (TPSA) is 90.0 Å². The predicted molar refractivity (Wildman–Crippen MR) is 93.2 cm³/mol. The second-order valence-electron chi connectivity index (χ2n) is 6.60. The number of carbonyl (C=O) groups excluding carboxylic acids is 2. The molecule has 0 unspecified atom stereocenters. The van der Waals surface area contributed by atoms with E-state index < -0.39 is 22.0 Å². The first-order valence-electron chi connectivity index (χ1n) is 8.76. The van der Waals surface area contributed by atoms with Gasteiger partial charge in [0.2, 0.25) is 10.0 Å². The number of esters is 1. The van der Waals surface area contributed by atoms with E-state index in [9.17, 15) is 18.0 Å². The lowest BCUT2D eigenvalue weighted by Gasteiger charge is -2.39. The second kappa shape index (κ2) is 7.85. The van der Waals surface area contributed by atoms with E-state index in [2.05, 4.69) is 4.74 Å². The maximum atomic E-state index is 13.2. The summed E-state index contributed by atoms with van der Waals surface area (Å²) in [5.41, 5.74) is 0.173. The van der Waals surface area contributed by atoms with Gasteiger partial charge in [0.1, 0.15) is 5.78 Å². The van der Waals surface area contributed by atoms with Crippen molar-refractivity contribution in [2.45, 2.75) is 36.6 Å². The van der Waals surface area contributed by atoms with Crippen LogP contribution in [0.3, 0.4) is 0 Å². The molecule has 1 aliphatic heterocycles. The molecule has 8 heteroatoms. The number of Topliss-reactive ketones (excluding diaryl/α,β-unsaturated/α-hetero) is 1. The molecule has 0 aromatic heterocycles. The zero-order valence-electron chi connectivity index (χ0n) is 14.7. The Hall–Kier alpha value is -1.77. The van der Waals surface area contributed by atoms with E-state index in [1.54, 1.807) is 0 Å². The van der Waals surface area contributed by atoms with Crippen molar-refractivity contribution in [2.24, 2.45) is 5.92 Å². The highest BCUT2D eigenvalue weighted by Crippen LogP contribution is 2.31. The van der Waals surface area contributed by atoms with Crippen LogP contribution in [0.2, 0.25) is 0 Å². The normalized spacial score (nSPS) is 25.0. The van der Waals surface area contributed by atoms with Crippen molar-refractivity contribution in [1.29, 1.82) is 0 Å². The predicted octanol–water partition coefficient (Wildman–Crippen LogP) is 1.62. The lowest BCUT2D eigenvalue weighted by Crippen LogP contribution is -2.54. The molecule has 26 heavy (non-hydrogen) atoms. The van der Waals surface area contributed by atoms with Crippen molar-refractivity contribution in [1.82, 2.24) is 4.31 Å². The Bertz CT molecular complexity index is 791. The fraction of sp³-hybridized carbons (Fsp3) is 0.556. The van der Waals surface area contributed by atoms with E-state index in [4.69, 9.17) is 4.74 Å². The van der Waals surface area contributed by atoms with Gasteiger partial charge in [-0.3, -0.25) is 4.79 Å². The van der Waals surface area contributed by atoms with Gasteiger partial charge in [-0.25, -0.2) is 13.2 Å². The van der Waals surface area contributed by atoms with E-state index in [1.807, 2.05) is 0 Å². The summed E-state index contributed by atoms with van der Waals surface area (Å²) in [6.45, 7) is 0.693. The van der Waals surface area contributed by atoms with Crippen LogP contribution in [0.15, 0.2) is 29.2 Å². The average molecular weight is 381 g/mol. The highest BCUT2D eigenvalue weighted by Gasteiger charge is 2.41. The number of methoxy groups -OCH3 is 1. The minimum atomic E-state index is -3.85. The Morgan fingerprint density at radius 2 is 2.12 bits per heavy atom. The smallest absolute Gasteiger partial charge is 0.337 e. The summed E-state index contributed by atoms with van der Waals surface area (Å²) in [5.74, 6) is -0.819. The van der Waals surface area contributed by atoms with Gasteiger partial charge < -0.3 is 9.47 Å². The van der Waals surface area contributed by atoms with E-state index in [-0.39, 0.29) is 41.9 Å². The van der Waals surface area contributed by atoms with Crippen molar-refractivity contribution in [3.8, 4) is 0 Å². The molecular formula is C18H23NO6S. The van der Waals surface area contributed by atoms with Gasteiger partial charge in [-0.2, -0.15) is 4.31 Å². The minimum Gasteiger partial charge on any atom is -0.465 e. The summed E-state index contributed by atoms with van der Waals surface area (Å²) in [7, 11) is -2.61. The fourth-order valence-electron chi connectivity index (χ4n) is 3.68. The third-order valence-corrected chi connectivity index (χ3v) is 6.96. The van der Waals surface area contributed by atoms with Crippen molar-refractivity contribution >= 4 is 21.8 Å². The van der Waals surface area contributed by atoms with Crippen LogP contribution in [0.5, 0.6) is 0 Å². The molecule has 1 aromatic carbocycles. The second-order valence-corrected chi connectivity index (χ2v) is 8.49. The standard InChI is InChI=1S/C18H23NO6S/c1-24-18(21)13-5-4-6-14(11-13)26(22,23)19-9-10-25-12-16(19)15-7-2-3-8-17(15)20/h4-6,11,15-16H,2-3,7-10,12H2,1H3/t15-,16-/m1/s1. The van der Waals surface area contributed by atoms with Crippen LogP contribution >= 0.6 is 0 Å². The molecule has 0 N–H and O–H groups in total. The molecule has 2 atom stereocenters. The third-order valence-electron chi connectivity index (χ3n) is 5.04. The van der Waals surface area contributed by atoms with E-state index in [1.165, 1.54) is 35.7 Å². The number of morpholine rings is 1. The molecule has 0 radical (unpaired) electrons. The van der Waals surface area contributed by atoms with Gasteiger partial charge in [0.15, 0.2) is 0 Å². The summed E-state index contributed by atoms with van der Waals surface area (Å²) in [4.78, 5) is 24.1. The number of nitrogens with zero attached hydrogens (tertiary/aromatic N) is 1. The molecule has 2 fully saturated rings. The number of benzene rings is 1. The minimum absolute atomic E-state index is 0.0237. The van der Waals surface area contributed by atoms with Gasteiger partial charge in [0.05, 0.1) is 36.8 Å². The highest BCUT2D eigenvalue weighted by atomic mass is 32.2. The van der Waals surface area contributed by atoms with Crippen LogP contribution in [0.4, 0.5) is 0 Å². The molecule has 2 aliphatic rings. The number of rotatable bonds is 4. The van der Waals surface area contributed by atoms with Crippen molar-refractivity contribution in [3.63, 3.8) is 0 Å². The number of hydrogen-bond donors (Lipinski definition) is 0. The third kappa shape index (κ3) is 3.67. The van der Waals surface area contributed by atoms with Crippen LogP contribution in [-0.2, 0) is 24.3 Å². The van der Waals surface area contributed by atoms with Gasteiger partial charge in [0.25, 0.3) is 0 Å². The Morgan fingerprint density at radius 1 is 1.31 bits per heavy atom. The number of ketones is 1. The largest absolute Gasteiger partial charge is 0.465 e. The maximum Gasteiger partial charge on any atom is 0.337 e. The van der Waals surface area contributed by atoms with Crippen LogP contribution in [0, 0.1) is 5.92 Å². The summed E-state index contributed by atoms with van der Waals surface area (Å²) in [5, 5.41) is 0. The highest BCUT2D eigenvalue weighted by molar-refractivity contribution is 7.89. The van der Waals surface area contributed by atoms with Crippen molar-refractivity contribution < 1.29 is 27.5 Å². The molecule has 7 nitrogen and oxygen atoms in total. The first kappa shape index (κ1) is 19.0. The first-order valence-corrected chi connectivity index (χ1v) is 10.2. The molecule has 1 aliphatic carbocycles. The van der Waals surface area contributed by atoms with Crippen LogP contribution in [0.1, 0.15) is 36.0 Å². The Morgan fingerprint density at radius 3 is 2.85 bits per heavy atom. The summed E-state index contributed by atoms with van der Waals surface area (Å²) >= 11 is 0. The average Bonchev–Trinajstić information content (AvgIpc) is 2.68. The summed E-state index contributed by atoms with van der Waals surface area (Å²) in [6.07, 6.45) is 2.95. The zero-order valence-corrected chi connectivity index (χ0v) is 15.5. The molecule has 0 amide bonds. The molecule has 0 bridgehead atoms. The summed E-state index contributed by atoms with van der Waals surface area (Å²) in [6, 6.07) is 5.29. The van der Waals surface area contributed by atoms with Gasteiger partial charge in [0, 0.05) is 18.9 Å². The molecule has 1 saturated heterocycles. The lowest BCUT2D eigenvalue weighted by molar-refractivity contribution is -0.128. The maximum absolute atomic E-state index is 13.2. The molecule has 3 rings (SSSR count). The molecule has 1 aromatic rings. The summed E-state index contributed by atoms with van der Waals surface area (Å²) < 4.78 is 38.0. The van der Waals surface area contributed by atoms with Crippen LogP contribution in [-0.4, -0.2) is 57.4 Å². The van der Waals surface area contributed by atoms with Crippen LogP contribution in [0.25, 0.3) is 0 Å². The van der Waals surface area contributed by atoms with Crippen LogP contribution < -0.4 is 0 Å². The Balaban J connectivity index is 1.93. The molecule has 1 saturated carbocycles. The van der Waals surface area contributed by atoms with Crippen molar-refractivity contribution in [3.05, 3.63) is 29.8 Å². The Kier molecular flexibility index (Phi) is 5.74. The SMILES string of the molecule is COC(=O)c1cccc(S(=O)(=O)N2CCOC[C@@H]2[C@H]2CCCCC2=O)c1. The number of carbonyl (C=O) groups is 2. The lowest BCUT2D eigenvalue weighted by atomic mass is 9.82. The van der Waals surface area contributed by atoms with Gasteiger partial charge in [-0.05, 0) is 31.0 Å². The van der Waals surface area contributed by atoms with Gasteiger partial charge in [-0.1, -0.05) is 12.5 Å². The molecule has 1 heterocycles. The number of hydrogen-bond acceptors (Lipinski definition) is 6. The first-order chi connectivity index (χ1) is 12.4. The monoisotopic (exact) mass is 381 g/mol. The van der Waals surface area contributed by atoms with Gasteiger partial charge in [-0.15, -0.1) is 0 Å². The number of sulfonamides is 1. The zero-order chi connectivity index (χ0) is 18.7. The molecule has 0 spiro atoms.